The minimum Gasteiger partial charge on any atom is -0.481 e. The fourth-order valence-corrected chi connectivity index (χ4v) is 1.83. The summed E-state index contributed by atoms with van der Waals surface area (Å²) < 4.78 is 0. The molecule has 0 unspecified atom stereocenters. The average molecular weight is 229 g/mol. The first kappa shape index (κ1) is 11.6. The molecule has 3 heteroatoms. The lowest BCUT2D eigenvalue weighted by Gasteiger charge is -2.19. The van der Waals surface area contributed by atoms with Gasteiger partial charge < -0.3 is 5.11 Å². The normalized spacial score (nSPS) is 11.6. The maximum absolute atomic E-state index is 11.1. The maximum Gasteiger partial charge on any atom is 0.309 e. The number of fused-ring (bicyclic) bond motifs is 1. The van der Waals surface area contributed by atoms with Gasteiger partial charge in [0.2, 0.25) is 0 Å². The van der Waals surface area contributed by atoms with E-state index in [0.717, 1.165) is 16.3 Å². The van der Waals surface area contributed by atoms with Crippen LogP contribution < -0.4 is 0 Å². The quantitative estimate of drug-likeness (QED) is 0.880. The number of hydrogen-bond acceptors (Lipinski definition) is 2. The van der Waals surface area contributed by atoms with Crippen molar-refractivity contribution in [3.63, 3.8) is 0 Å². The summed E-state index contributed by atoms with van der Waals surface area (Å²) in [5.41, 5.74) is 0.303. The molecule has 0 saturated carbocycles. The molecule has 0 spiro atoms. The van der Waals surface area contributed by atoms with Gasteiger partial charge in [0.05, 0.1) is 5.41 Å². The third kappa shape index (κ3) is 2.44. The second-order valence-corrected chi connectivity index (χ2v) is 4.92. The van der Waals surface area contributed by atoms with Crippen LogP contribution >= 0.6 is 0 Å². The van der Waals surface area contributed by atoms with Crippen LogP contribution in [0.15, 0.2) is 36.7 Å². The van der Waals surface area contributed by atoms with E-state index in [4.69, 9.17) is 5.11 Å². The van der Waals surface area contributed by atoms with Crippen LogP contribution in [0.3, 0.4) is 0 Å². The predicted octanol–water partition coefficient (Wildman–Crippen LogP) is 2.89. The fraction of sp³-hybridized carbons (Fsp3) is 0.286. The van der Waals surface area contributed by atoms with Gasteiger partial charge in [0.15, 0.2) is 0 Å². The summed E-state index contributed by atoms with van der Waals surface area (Å²) in [4.78, 5) is 15.1. The minimum atomic E-state index is -0.771. The van der Waals surface area contributed by atoms with Gasteiger partial charge in [-0.15, -0.1) is 0 Å². The van der Waals surface area contributed by atoms with Crippen molar-refractivity contribution >= 4 is 16.7 Å². The van der Waals surface area contributed by atoms with Crippen LogP contribution in [0.2, 0.25) is 0 Å². The van der Waals surface area contributed by atoms with Gasteiger partial charge in [-0.25, -0.2) is 0 Å². The number of aromatic nitrogens is 1. The topological polar surface area (TPSA) is 50.2 Å². The number of carboxylic acid groups (broad SMARTS) is 1. The molecule has 3 nitrogen and oxygen atoms in total. The molecule has 1 aromatic carbocycles. The van der Waals surface area contributed by atoms with E-state index < -0.39 is 11.4 Å². The molecule has 88 valence electrons. The van der Waals surface area contributed by atoms with E-state index in [1.807, 2.05) is 24.3 Å². The van der Waals surface area contributed by atoms with Gasteiger partial charge in [-0.2, -0.15) is 0 Å². The number of carboxylic acids is 1. The lowest BCUT2D eigenvalue weighted by Crippen LogP contribution is -2.26. The van der Waals surface area contributed by atoms with Crippen LogP contribution in [0.4, 0.5) is 0 Å². The van der Waals surface area contributed by atoms with Crippen molar-refractivity contribution in [3.8, 4) is 0 Å². The molecule has 0 saturated heterocycles. The zero-order chi connectivity index (χ0) is 12.5. The van der Waals surface area contributed by atoms with Gasteiger partial charge in [-0.05, 0) is 37.3 Å². The van der Waals surface area contributed by atoms with Gasteiger partial charge in [0.1, 0.15) is 0 Å². The molecule has 0 aliphatic rings. The van der Waals surface area contributed by atoms with Gasteiger partial charge in [-0.3, -0.25) is 9.78 Å². The number of rotatable bonds is 3. The molecule has 1 heterocycles. The molecule has 1 aromatic heterocycles. The Morgan fingerprint density at radius 1 is 1.29 bits per heavy atom. The Bertz CT molecular complexity index is 561. The lowest BCUT2D eigenvalue weighted by molar-refractivity contribution is -0.146. The third-order valence-corrected chi connectivity index (χ3v) is 2.93. The largest absolute Gasteiger partial charge is 0.481 e. The van der Waals surface area contributed by atoms with E-state index in [9.17, 15) is 4.79 Å². The molecule has 0 aliphatic heterocycles. The van der Waals surface area contributed by atoms with Crippen molar-refractivity contribution in [1.29, 1.82) is 0 Å². The Morgan fingerprint density at radius 3 is 2.76 bits per heavy atom. The Hall–Kier alpha value is -1.90. The molecule has 0 radical (unpaired) electrons. The van der Waals surface area contributed by atoms with Crippen molar-refractivity contribution in [2.75, 3.05) is 0 Å². The van der Waals surface area contributed by atoms with Crippen molar-refractivity contribution < 1.29 is 9.90 Å². The highest BCUT2D eigenvalue weighted by Crippen LogP contribution is 2.24. The molecule has 0 atom stereocenters. The second kappa shape index (κ2) is 4.17. The molecular formula is C14H15NO2. The average Bonchev–Trinajstić information content (AvgIpc) is 2.28. The van der Waals surface area contributed by atoms with Gasteiger partial charge in [0.25, 0.3) is 0 Å². The maximum atomic E-state index is 11.1. The molecular weight excluding hydrogens is 214 g/mol. The van der Waals surface area contributed by atoms with Gasteiger partial charge >= 0.3 is 5.97 Å². The van der Waals surface area contributed by atoms with E-state index in [0.29, 0.717) is 6.42 Å². The van der Waals surface area contributed by atoms with Crippen molar-refractivity contribution in [2.45, 2.75) is 20.3 Å². The zero-order valence-electron chi connectivity index (χ0n) is 9.97. The number of pyridine rings is 1. The zero-order valence-corrected chi connectivity index (χ0v) is 9.97. The van der Waals surface area contributed by atoms with Crippen molar-refractivity contribution in [2.24, 2.45) is 5.41 Å². The van der Waals surface area contributed by atoms with Crippen LogP contribution in [-0.2, 0) is 11.2 Å². The highest BCUT2D eigenvalue weighted by Gasteiger charge is 2.27. The van der Waals surface area contributed by atoms with Crippen LogP contribution in [0.1, 0.15) is 19.4 Å². The van der Waals surface area contributed by atoms with Crippen LogP contribution in [-0.4, -0.2) is 16.1 Å². The van der Waals surface area contributed by atoms with E-state index in [1.54, 1.807) is 26.2 Å². The first-order valence-corrected chi connectivity index (χ1v) is 5.55. The molecule has 17 heavy (non-hydrogen) atoms. The third-order valence-electron chi connectivity index (χ3n) is 2.93. The summed E-state index contributed by atoms with van der Waals surface area (Å²) in [6, 6.07) is 7.92. The molecule has 0 amide bonds. The first-order chi connectivity index (χ1) is 7.99. The second-order valence-electron chi connectivity index (χ2n) is 4.92. The highest BCUT2D eigenvalue weighted by atomic mass is 16.4. The van der Waals surface area contributed by atoms with Gasteiger partial charge in [-0.1, -0.05) is 18.2 Å². The summed E-state index contributed by atoms with van der Waals surface area (Å²) >= 11 is 0. The molecule has 0 bridgehead atoms. The SMILES string of the molecule is CC(C)(Cc1ccc2cnccc2c1)C(=O)O. The van der Waals surface area contributed by atoms with E-state index >= 15 is 0 Å². The standard InChI is InChI=1S/C14H15NO2/c1-14(2,13(16)17)8-10-3-4-12-9-15-6-5-11(12)7-10/h3-7,9H,8H2,1-2H3,(H,16,17). The molecule has 2 rings (SSSR count). The number of nitrogens with zero attached hydrogens (tertiary/aromatic N) is 1. The number of aliphatic carboxylic acids is 1. The summed E-state index contributed by atoms with van der Waals surface area (Å²) in [5, 5.41) is 11.3. The van der Waals surface area contributed by atoms with Crippen molar-refractivity contribution in [3.05, 3.63) is 42.2 Å². The number of benzene rings is 1. The van der Waals surface area contributed by atoms with Crippen molar-refractivity contribution in [1.82, 2.24) is 4.98 Å². The molecule has 2 aromatic rings. The van der Waals surface area contributed by atoms with Crippen LogP contribution in [0, 0.1) is 5.41 Å². The molecule has 0 fully saturated rings. The lowest BCUT2D eigenvalue weighted by atomic mass is 9.85. The predicted molar refractivity (Wildman–Crippen MR) is 66.9 cm³/mol. The summed E-state index contributed by atoms with van der Waals surface area (Å²) in [6.45, 7) is 3.48. The van der Waals surface area contributed by atoms with Gasteiger partial charge in [0, 0.05) is 17.8 Å². The van der Waals surface area contributed by atoms with Crippen LogP contribution in [0.5, 0.6) is 0 Å². The Kier molecular flexibility index (Phi) is 2.84. The Labute approximate surface area is 100 Å². The fourth-order valence-electron chi connectivity index (χ4n) is 1.83. The smallest absolute Gasteiger partial charge is 0.309 e. The Balaban J connectivity index is 2.34. The Morgan fingerprint density at radius 2 is 2.06 bits per heavy atom. The summed E-state index contributed by atoms with van der Waals surface area (Å²) in [5.74, 6) is -0.771. The van der Waals surface area contributed by atoms with E-state index in [2.05, 4.69) is 4.98 Å². The van der Waals surface area contributed by atoms with E-state index in [-0.39, 0.29) is 0 Å². The molecule has 0 aliphatic carbocycles. The van der Waals surface area contributed by atoms with Crippen LogP contribution in [0.25, 0.3) is 10.8 Å². The minimum absolute atomic E-state index is 0.528. The monoisotopic (exact) mass is 229 g/mol. The highest BCUT2D eigenvalue weighted by molar-refractivity contribution is 5.82. The number of carbonyl (C=O) groups is 1. The number of hydrogen-bond donors (Lipinski definition) is 1. The summed E-state index contributed by atoms with van der Waals surface area (Å²) in [7, 11) is 0. The molecule has 1 N–H and O–H groups in total. The van der Waals surface area contributed by atoms with E-state index in [1.165, 1.54) is 0 Å². The first-order valence-electron chi connectivity index (χ1n) is 5.55. The summed E-state index contributed by atoms with van der Waals surface area (Å²) in [6.07, 6.45) is 4.08.